The molecule has 1 unspecified atom stereocenters. The number of sulfonamides is 1. The van der Waals surface area contributed by atoms with Crippen LogP contribution in [0.3, 0.4) is 0 Å². The molecule has 1 atom stereocenters. The van der Waals surface area contributed by atoms with Crippen LogP contribution in [0.2, 0.25) is 0 Å². The van der Waals surface area contributed by atoms with Crippen LogP contribution in [0.4, 0.5) is 0 Å². The average Bonchev–Trinajstić information content (AvgIpc) is 2.88. The topological polar surface area (TPSA) is 67.2 Å². The third-order valence-corrected chi connectivity index (χ3v) is 6.17. The number of nitrogens with zero attached hydrogens (tertiary/aromatic N) is 3. The first-order valence-electron chi connectivity index (χ1n) is 6.89. The molecule has 8 heteroatoms. The van der Waals surface area contributed by atoms with E-state index in [4.69, 9.17) is 0 Å². The monoisotopic (exact) mass is 318 g/mol. The van der Waals surface area contributed by atoms with E-state index in [-0.39, 0.29) is 0 Å². The zero-order valence-corrected chi connectivity index (χ0v) is 13.6. The van der Waals surface area contributed by atoms with E-state index in [0.29, 0.717) is 29.8 Å². The van der Waals surface area contributed by atoms with E-state index in [9.17, 15) is 8.42 Å². The van der Waals surface area contributed by atoms with Crippen LogP contribution < -0.4 is 5.32 Å². The highest BCUT2D eigenvalue weighted by Gasteiger charge is 2.29. The largest absolute Gasteiger partial charge is 0.315 e. The van der Waals surface area contributed by atoms with Crippen molar-refractivity contribution < 1.29 is 8.42 Å². The summed E-state index contributed by atoms with van der Waals surface area (Å²) in [4.78, 5) is 0.299. The first-order chi connectivity index (χ1) is 9.54. The van der Waals surface area contributed by atoms with Crippen molar-refractivity contribution >= 4 is 21.8 Å². The predicted molar refractivity (Wildman–Crippen MR) is 81.4 cm³/mol. The summed E-state index contributed by atoms with van der Waals surface area (Å²) in [6, 6.07) is 0. The molecule has 1 aliphatic heterocycles. The van der Waals surface area contributed by atoms with Crippen molar-refractivity contribution in [1.82, 2.24) is 19.4 Å². The maximum absolute atomic E-state index is 12.5. The standard InChI is InChI=1S/C12H22N4O2S2/c1-3-13-4-5-15-10-12(8-14-15)20(17,18)16-6-7-19-11(2)9-16/h8,10-11,13H,3-7,9H2,1-2H3. The number of hydrogen-bond donors (Lipinski definition) is 1. The molecule has 1 aliphatic rings. The minimum atomic E-state index is -3.39. The van der Waals surface area contributed by atoms with Crippen LogP contribution in [0.1, 0.15) is 13.8 Å². The van der Waals surface area contributed by atoms with Gasteiger partial charge in [-0.15, -0.1) is 0 Å². The molecule has 0 aromatic carbocycles. The highest BCUT2D eigenvalue weighted by Crippen LogP contribution is 2.23. The van der Waals surface area contributed by atoms with Crippen molar-refractivity contribution in [3.63, 3.8) is 0 Å². The molecule has 0 saturated carbocycles. The summed E-state index contributed by atoms with van der Waals surface area (Å²) in [7, 11) is -3.39. The molecule has 114 valence electrons. The second-order valence-corrected chi connectivity index (χ2v) is 8.32. The van der Waals surface area contributed by atoms with Crippen LogP contribution in [0.15, 0.2) is 17.3 Å². The van der Waals surface area contributed by atoms with Gasteiger partial charge in [0.25, 0.3) is 0 Å². The highest BCUT2D eigenvalue weighted by molar-refractivity contribution is 8.00. The fourth-order valence-corrected chi connectivity index (χ4v) is 4.83. The lowest BCUT2D eigenvalue weighted by Crippen LogP contribution is -2.40. The summed E-state index contributed by atoms with van der Waals surface area (Å²) in [5.74, 6) is 0.856. The van der Waals surface area contributed by atoms with Gasteiger partial charge in [-0.05, 0) is 6.54 Å². The number of thioether (sulfide) groups is 1. The minimum Gasteiger partial charge on any atom is -0.315 e. The van der Waals surface area contributed by atoms with Gasteiger partial charge in [0.1, 0.15) is 4.90 Å². The van der Waals surface area contributed by atoms with Crippen LogP contribution in [-0.2, 0) is 16.6 Å². The molecule has 1 aromatic heterocycles. The highest BCUT2D eigenvalue weighted by atomic mass is 32.2. The van der Waals surface area contributed by atoms with Gasteiger partial charge >= 0.3 is 0 Å². The molecule has 0 aliphatic carbocycles. The summed E-state index contributed by atoms with van der Waals surface area (Å²) < 4.78 is 28.3. The second kappa shape index (κ2) is 6.93. The molecule has 1 aromatic rings. The summed E-state index contributed by atoms with van der Waals surface area (Å²) >= 11 is 1.82. The van der Waals surface area contributed by atoms with E-state index in [0.717, 1.165) is 18.8 Å². The summed E-state index contributed by atoms with van der Waals surface area (Å²) in [5.41, 5.74) is 0. The van der Waals surface area contributed by atoms with E-state index in [2.05, 4.69) is 17.3 Å². The molecule has 6 nitrogen and oxygen atoms in total. The molecule has 0 radical (unpaired) electrons. The van der Waals surface area contributed by atoms with E-state index < -0.39 is 10.0 Å². The lowest BCUT2D eigenvalue weighted by Gasteiger charge is -2.29. The van der Waals surface area contributed by atoms with Gasteiger partial charge in [0.15, 0.2) is 0 Å². The number of aromatic nitrogens is 2. The molecule has 2 rings (SSSR count). The SMILES string of the molecule is CCNCCn1cc(S(=O)(=O)N2CCSC(C)C2)cn1. The van der Waals surface area contributed by atoms with E-state index >= 15 is 0 Å². The maximum atomic E-state index is 12.5. The smallest absolute Gasteiger partial charge is 0.246 e. The molecular formula is C12H22N4O2S2. The summed E-state index contributed by atoms with van der Waals surface area (Å²) in [6.07, 6.45) is 3.08. The third-order valence-electron chi connectivity index (χ3n) is 3.22. The van der Waals surface area contributed by atoms with Crippen molar-refractivity contribution in [3.8, 4) is 0 Å². The summed E-state index contributed by atoms with van der Waals surface area (Å²) in [6.45, 7) is 7.62. The minimum absolute atomic E-state index is 0.299. The van der Waals surface area contributed by atoms with Crippen molar-refractivity contribution in [2.75, 3.05) is 31.9 Å². The lowest BCUT2D eigenvalue weighted by atomic mass is 10.4. The Morgan fingerprint density at radius 3 is 3.05 bits per heavy atom. The van der Waals surface area contributed by atoms with Gasteiger partial charge in [-0.3, -0.25) is 4.68 Å². The number of hydrogen-bond acceptors (Lipinski definition) is 5. The van der Waals surface area contributed by atoms with Gasteiger partial charge < -0.3 is 5.32 Å². The Balaban J connectivity index is 2.05. The average molecular weight is 318 g/mol. The number of likely N-dealkylation sites (N-methyl/N-ethyl adjacent to an activating group) is 1. The van der Waals surface area contributed by atoms with Crippen LogP contribution in [0, 0.1) is 0 Å². The fourth-order valence-electron chi connectivity index (χ4n) is 2.12. The van der Waals surface area contributed by atoms with Gasteiger partial charge in [-0.2, -0.15) is 21.2 Å². The quantitative estimate of drug-likeness (QED) is 0.779. The van der Waals surface area contributed by atoms with Crippen LogP contribution in [0.5, 0.6) is 0 Å². The predicted octanol–water partition coefficient (Wildman–Crippen LogP) is 0.619. The van der Waals surface area contributed by atoms with Crippen LogP contribution >= 0.6 is 11.8 Å². The number of rotatable bonds is 6. The molecule has 1 saturated heterocycles. The van der Waals surface area contributed by atoms with Crippen molar-refractivity contribution in [2.45, 2.75) is 30.5 Å². The molecule has 0 bridgehead atoms. The third kappa shape index (κ3) is 3.75. The van der Waals surface area contributed by atoms with Crippen molar-refractivity contribution in [2.24, 2.45) is 0 Å². The van der Waals surface area contributed by atoms with Crippen LogP contribution in [-0.4, -0.2) is 59.7 Å². The van der Waals surface area contributed by atoms with Gasteiger partial charge in [0.05, 0.1) is 12.7 Å². The van der Waals surface area contributed by atoms with Gasteiger partial charge in [-0.25, -0.2) is 8.42 Å². The van der Waals surface area contributed by atoms with Gasteiger partial charge in [-0.1, -0.05) is 13.8 Å². The van der Waals surface area contributed by atoms with E-state index in [1.54, 1.807) is 15.2 Å². The summed E-state index contributed by atoms with van der Waals surface area (Å²) in [5, 5.41) is 7.67. The zero-order valence-electron chi connectivity index (χ0n) is 11.9. The van der Waals surface area contributed by atoms with Crippen molar-refractivity contribution in [1.29, 1.82) is 0 Å². The molecular weight excluding hydrogens is 296 g/mol. The van der Waals surface area contributed by atoms with Gasteiger partial charge in [0.2, 0.25) is 10.0 Å². The number of nitrogens with one attached hydrogen (secondary N) is 1. The Kier molecular flexibility index (Phi) is 5.48. The Morgan fingerprint density at radius 1 is 1.55 bits per heavy atom. The Labute approximate surface area is 125 Å². The molecule has 1 N–H and O–H groups in total. The molecule has 20 heavy (non-hydrogen) atoms. The Hall–Kier alpha value is -0.570. The second-order valence-electron chi connectivity index (χ2n) is 4.84. The molecule has 2 heterocycles. The molecule has 0 amide bonds. The van der Waals surface area contributed by atoms with Crippen LogP contribution in [0.25, 0.3) is 0 Å². The fraction of sp³-hybridized carbons (Fsp3) is 0.750. The van der Waals surface area contributed by atoms with Crippen molar-refractivity contribution in [3.05, 3.63) is 12.4 Å². The first kappa shape index (κ1) is 15.8. The molecule has 1 fully saturated rings. The van der Waals surface area contributed by atoms with E-state index in [1.165, 1.54) is 6.20 Å². The Morgan fingerprint density at radius 2 is 2.35 bits per heavy atom. The molecule has 0 spiro atoms. The maximum Gasteiger partial charge on any atom is 0.246 e. The normalized spacial score (nSPS) is 21.2. The Bertz CT molecular complexity index is 529. The lowest BCUT2D eigenvalue weighted by molar-refractivity contribution is 0.424. The van der Waals surface area contributed by atoms with E-state index in [1.807, 2.05) is 18.7 Å². The zero-order chi connectivity index (χ0) is 14.6. The first-order valence-corrected chi connectivity index (χ1v) is 9.38. The van der Waals surface area contributed by atoms with Gasteiger partial charge in [0, 0.05) is 36.8 Å².